The van der Waals surface area contributed by atoms with Gasteiger partial charge in [0.25, 0.3) is 10.1 Å². The van der Waals surface area contributed by atoms with Crippen LogP contribution in [0.5, 0.6) is 0 Å². The first-order valence-electron chi connectivity index (χ1n) is 5.42. The Balaban J connectivity index is 2.34. The summed E-state index contributed by atoms with van der Waals surface area (Å²) in [5.41, 5.74) is -0.796. The average Bonchev–Trinajstić information content (AvgIpc) is 2.53. The van der Waals surface area contributed by atoms with Crippen LogP contribution in [0.4, 0.5) is 0 Å². The quantitative estimate of drug-likeness (QED) is 0.687. The fourth-order valence-electron chi connectivity index (χ4n) is 3.10. The smallest absolute Gasteiger partial charge is 0.264 e. The lowest BCUT2D eigenvalue weighted by Gasteiger charge is -2.30. The van der Waals surface area contributed by atoms with E-state index >= 15 is 0 Å². The zero-order valence-corrected chi connectivity index (χ0v) is 11.1. The summed E-state index contributed by atoms with van der Waals surface area (Å²) in [7, 11) is -3.51. The monoisotopic (exact) mass is 246 g/mol. The van der Waals surface area contributed by atoms with Crippen molar-refractivity contribution in [3.8, 4) is 0 Å². The van der Waals surface area contributed by atoms with Crippen molar-refractivity contribution in [1.29, 1.82) is 0 Å². The molecule has 16 heavy (non-hydrogen) atoms. The van der Waals surface area contributed by atoms with Crippen molar-refractivity contribution >= 4 is 15.9 Å². The topological polar surface area (TPSA) is 60.4 Å². The van der Waals surface area contributed by atoms with E-state index in [-0.39, 0.29) is 23.0 Å². The van der Waals surface area contributed by atoms with E-state index in [1.807, 2.05) is 13.8 Å². The maximum atomic E-state index is 12.1. The van der Waals surface area contributed by atoms with E-state index in [0.29, 0.717) is 0 Å². The molecule has 2 fully saturated rings. The molecule has 0 aromatic heterocycles. The van der Waals surface area contributed by atoms with E-state index < -0.39 is 21.6 Å². The number of carbonyl (C=O) groups excluding carboxylic acids is 1. The number of fused-ring (bicyclic) bond motifs is 1. The van der Waals surface area contributed by atoms with Gasteiger partial charge in [0.2, 0.25) is 0 Å². The molecule has 0 aliphatic heterocycles. The number of Topliss-reactive ketones (excluding diaryl/α,β-unsaturated/α-hetero) is 1. The van der Waals surface area contributed by atoms with Crippen molar-refractivity contribution in [2.75, 3.05) is 6.26 Å². The van der Waals surface area contributed by atoms with Crippen LogP contribution in [0, 0.1) is 22.7 Å². The van der Waals surface area contributed by atoms with Gasteiger partial charge in [-0.25, -0.2) is 0 Å². The van der Waals surface area contributed by atoms with Crippen molar-refractivity contribution in [1.82, 2.24) is 0 Å². The molecule has 0 N–H and O–H groups in total. The van der Waals surface area contributed by atoms with Crippen molar-refractivity contribution in [3.63, 3.8) is 0 Å². The summed E-state index contributed by atoms with van der Waals surface area (Å²) < 4.78 is 27.6. The van der Waals surface area contributed by atoms with Gasteiger partial charge in [0.1, 0.15) is 5.78 Å². The maximum absolute atomic E-state index is 12.1. The van der Waals surface area contributed by atoms with E-state index in [1.165, 1.54) is 0 Å². The predicted molar refractivity (Wildman–Crippen MR) is 59.3 cm³/mol. The first-order valence-corrected chi connectivity index (χ1v) is 7.24. The lowest BCUT2D eigenvalue weighted by molar-refractivity contribution is -0.130. The van der Waals surface area contributed by atoms with Gasteiger partial charge in [-0.3, -0.25) is 8.98 Å². The SMILES string of the molecule is CC1(C)C(=O)[C@@H]2[C@H]([C@@H]1OS(C)(=O)=O)C2(C)C. The third-order valence-corrected chi connectivity index (χ3v) is 4.70. The van der Waals surface area contributed by atoms with Crippen LogP contribution in [0.25, 0.3) is 0 Å². The van der Waals surface area contributed by atoms with E-state index in [4.69, 9.17) is 4.18 Å². The minimum atomic E-state index is -3.51. The Morgan fingerprint density at radius 2 is 1.69 bits per heavy atom. The van der Waals surface area contributed by atoms with E-state index in [2.05, 4.69) is 0 Å². The minimum Gasteiger partial charge on any atom is -0.299 e. The van der Waals surface area contributed by atoms with Gasteiger partial charge >= 0.3 is 0 Å². The van der Waals surface area contributed by atoms with Gasteiger partial charge in [-0.2, -0.15) is 8.42 Å². The van der Waals surface area contributed by atoms with Crippen LogP contribution >= 0.6 is 0 Å². The molecular weight excluding hydrogens is 228 g/mol. The Morgan fingerprint density at radius 1 is 1.19 bits per heavy atom. The number of carbonyl (C=O) groups is 1. The van der Waals surface area contributed by atoms with Crippen LogP contribution in [-0.4, -0.2) is 26.6 Å². The summed E-state index contributed by atoms with van der Waals surface area (Å²) in [6, 6.07) is 0. The Hall–Kier alpha value is -0.420. The molecule has 0 unspecified atom stereocenters. The normalized spacial score (nSPS) is 39.6. The van der Waals surface area contributed by atoms with Crippen molar-refractivity contribution in [2.45, 2.75) is 33.8 Å². The molecule has 2 rings (SSSR count). The van der Waals surface area contributed by atoms with Crippen molar-refractivity contribution < 1.29 is 17.4 Å². The number of hydrogen-bond donors (Lipinski definition) is 0. The summed E-state index contributed by atoms with van der Waals surface area (Å²) in [5.74, 6) is 0.148. The lowest BCUT2D eigenvalue weighted by Crippen LogP contribution is -2.39. The highest BCUT2D eigenvalue weighted by Gasteiger charge is 2.75. The second-order valence-electron chi connectivity index (χ2n) is 6.13. The molecule has 0 saturated heterocycles. The second kappa shape index (κ2) is 2.88. The fourth-order valence-corrected chi connectivity index (χ4v) is 3.84. The first-order chi connectivity index (χ1) is 6.99. The molecule has 4 nitrogen and oxygen atoms in total. The highest BCUT2D eigenvalue weighted by molar-refractivity contribution is 7.86. The Labute approximate surface area is 96.5 Å². The molecule has 2 aliphatic rings. The second-order valence-corrected chi connectivity index (χ2v) is 7.73. The number of rotatable bonds is 2. The largest absolute Gasteiger partial charge is 0.299 e. The van der Waals surface area contributed by atoms with Crippen LogP contribution in [0.1, 0.15) is 27.7 Å². The zero-order valence-electron chi connectivity index (χ0n) is 10.3. The number of ketones is 1. The van der Waals surface area contributed by atoms with Crippen LogP contribution in [0.2, 0.25) is 0 Å². The highest BCUT2D eigenvalue weighted by Crippen LogP contribution is 2.70. The van der Waals surface area contributed by atoms with Gasteiger partial charge in [-0.05, 0) is 5.41 Å². The zero-order chi connectivity index (χ0) is 12.5. The van der Waals surface area contributed by atoms with Crippen LogP contribution < -0.4 is 0 Å². The summed E-state index contributed by atoms with van der Waals surface area (Å²) in [6.45, 7) is 7.53. The van der Waals surface area contributed by atoms with Gasteiger partial charge in [0.05, 0.1) is 17.8 Å². The predicted octanol–water partition coefficient (Wildman–Crippen LogP) is 1.21. The molecule has 92 valence electrons. The van der Waals surface area contributed by atoms with E-state index in [0.717, 1.165) is 6.26 Å². The van der Waals surface area contributed by atoms with E-state index in [9.17, 15) is 13.2 Å². The first kappa shape index (κ1) is 12.0. The van der Waals surface area contributed by atoms with Crippen LogP contribution in [0.3, 0.4) is 0 Å². The number of hydrogen-bond acceptors (Lipinski definition) is 4. The summed E-state index contributed by atoms with van der Waals surface area (Å²) in [6.07, 6.45) is 0.533. The maximum Gasteiger partial charge on any atom is 0.264 e. The Kier molecular flexibility index (Phi) is 2.17. The van der Waals surface area contributed by atoms with Crippen molar-refractivity contribution in [2.24, 2.45) is 22.7 Å². The molecule has 0 aromatic carbocycles. The third-order valence-electron chi connectivity index (χ3n) is 4.14. The Morgan fingerprint density at radius 3 is 2.06 bits per heavy atom. The van der Waals surface area contributed by atoms with Gasteiger partial charge in [-0.15, -0.1) is 0 Å². The fraction of sp³-hybridized carbons (Fsp3) is 0.909. The molecule has 0 amide bonds. The Bertz CT molecular complexity index is 447. The molecule has 0 bridgehead atoms. The molecule has 3 atom stereocenters. The molecule has 2 aliphatic carbocycles. The molecule has 0 spiro atoms. The lowest BCUT2D eigenvalue weighted by atomic mass is 9.79. The van der Waals surface area contributed by atoms with Gasteiger partial charge < -0.3 is 0 Å². The summed E-state index contributed by atoms with van der Waals surface area (Å²) >= 11 is 0. The summed E-state index contributed by atoms with van der Waals surface area (Å²) in [4.78, 5) is 12.1. The molecule has 0 heterocycles. The molecule has 2 saturated carbocycles. The average molecular weight is 246 g/mol. The molecule has 0 radical (unpaired) electrons. The highest BCUT2D eigenvalue weighted by atomic mass is 32.2. The standard InChI is InChI=1S/C11H18O4S/c1-10(2)6-7(10)9(15-16(5,13)14)11(3,4)8(6)12/h6-7,9H,1-5H3/t6-,7+,9-/m0/s1. The van der Waals surface area contributed by atoms with Gasteiger partial charge in [-0.1, -0.05) is 27.7 Å². The van der Waals surface area contributed by atoms with Gasteiger partial charge in [0.15, 0.2) is 0 Å². The molecular formula is C11H18O4S. The minimum absolute atomic E-state index is 0.0331. The molecule has 0 aromatic rings. The molecule has 5 heteroatoms. The van der Waals surface area contributed by atoms with Crippen LogP contribution in [0.15, 0.2) is 0 Å². The van der Waals surface area contributed by atoms with Crippen LogP contribution in [-0.2, 0) is 19.1 Å². The van der Waals surface area contributed by atoms with Crippen molar-refractivity contribution in [3.05, 3.63) is 0 Å². The van der Waals surface area contributed by atoms with E-state index in [1.54, 1.807) is 13.8 Å². The van der Waals surface area contributed by atoms with Gasteiger partial charge in [0, 0.05) is 11.8 Å². The third kappa shape index (κ3) is 1.44. The summed E-state index contributed by atoms with van der Waals surface area (Å²) in [5, 5.41) is 0.